The molecular formula is C21H19F2N3O2. The Hall–Kier alpha value is -3.48. The molecule has 0 fully saturated rings. The predicted octanol–water partition coefficient (Wildman–Crippen LogP) is 4.74. The van der Waals surface area contributed by atoms with Gasteiger partial charge in [-0.05, 0) is 38.1 Å². The lowest BCUT2D eigenvalue weighted by Crippen LogP contribution is -2.09. The summed E-state index contributed by atoms with van der Waals surface area (Å²) in [5.74, 6) is -0.392. The number of rotatable bonds is 6. The SMILES string of the molecule is Cc1nn(-c2ccccc2)c(C)c1NC(=O)/C=C/c1ccccc1OC(F)F. The number of nitrogens with one attached hydrogen (secondary N) is 1. The van der Waals surface area contributed by atoms with Gasteiger partial charge in [-0.25, -0.2) is 4.68 Å². The van der Waals surface area contributed by atoms with E-state index in [4.69, 9.17) is 0 Å². The molecule has 3 rings (SSSR count). The van der Waals surface area contributed by atoms with E-state index in [-0.39, 0.29) is 5.75 Å². The van der Waals surface area contributed by atoms with Gasteiger partial charge in [0.05, 0.1) is 22.8 Å². The van der Waals surface area contributed by atoms with Crippen LogP contribution in [-0.2, 0) is 4.79 Å². The summed E-state index contributed by atoms with van der Waals surface area (Å²) in [6.45, 7) is 0.729. The van der Waals surface area contributed by atoms with Gasteiger partial charge in [0.15, 0.2) is 0 Å². The molecule has 0 aliphatic rings. The first-order chi connectivity index (χ1) is 13.5. The highest BCUT2D eigenvalue weighted by atomic mass is 19.3. The lowest BCUT2D eigenvalue weighted by molar-refractivity contribution is -0.111. The van der Waals surface area contributed by atoms with E-state index >= 15 is 0 Å². The Morgan fingerprint density at radius 2 is 1.79 bits per heavy atom. The molecule has 28 heavy (non-hydrogen) atoms. The van der Waals surface area contributed by atoms with Crippen LogP contribution in [0.2, 0.25) is 0 Å². The van der Waals surface area contributed by atoms with Gasteiger partial charge in [-0.1, -0.05) is 36.4 Å². The van der Waals surface area contributed by atoms with Gasteiger partial charge in [0, 0.05) is 11.6 Å². The van der Waals surface area contributed by atoms with Crippen molar-refractivity contribution in [2.75, 3.05) is 5.32 Å². The highest BCUT2D eigenvalue weighted by Crippen LogP contribution is 2.24. The number of carbonyl (C=O) groups is 1. The first-order valence-corrected chi connectivity index (χ1v) is 8.60. The molecule has 0 aliphatic heterocycles. The average molecular weight is 383 g/mol. The van der Waals surface area contributed by atoms with E-state index < -0.39 is 12.5 Å². The van der Waals surface area contributed by atoms with Crippen LogP contribution in [-0.4, -0.2) is 22.3 Å². The molecule has 0 unspecified atom stereocenters. The molecule has 0 saturated carbocycles. The number of aryl methyl sites for hydroxylation is 1. The Bertz CT molecular complexity index is 998. The first-order valence-electron chi connectivity index (χ1n) is 8.60. The van der Waals surface area contributed by atoms with E-state index in [0.717, 1.165) is 11.4 Å². The summed E-state index contributed by atoms with van der Waals surface area (Å²) >= 11 is 0. The number of hydrogen-bond donors (Lipinski definition) is 1. The number of halogens is 2. The summed E-state index contributed by atoms with van der Waals surface area (Å²) in [6.07, 6.45) is 2.70. The van der Waals surface area contributed by atoms with E-state index in [1.807, 2.05) is 37.3 Å². The van der Waals surface area contributed by atoms with Gasteiger partial charge in [0.1, 0.15) is 5.75 Å². The zero-order valence-corrected chi connectivity index (χ0v) is 15.4. The van der Waals surface area contributed by atoms with Gasteiger partial charge in [0.2, 0.25) is 5.91 Å². The smallest absolute Gasteiger partial charge is 0.387 e. The number of anilines is 1. The van der Waals surface area contributed by atoms with Crippen molar-refractivity contribution in [1.29, 1.82) is 0 Å². The van der Waals surface area contributed by atoms with Crippen molar-refractivity contribution >= 4 is 17.7 Å². The predicted molar refractivity (Wildman–Crippen MR) is 104 cm³/mol. The second-order valence-corrected chi connectivity index (χ2v) is 6.03. The minimum Gasteiger partial charge on any atom is -0.434 e. The Morgan fingerprint density at radius 1 is 1.11 bits per heavy atom. The Morgan fingerprint density at radius 3 is 2.50 bits per heavy atom. The molecule has 1 aromatic heterocycles. The fourth-order valence-electron chi connectivity index (χ4n) is 2.80. The molecule has 0 aliphatic carbocycles. The molecule has 0 radical (unpaired) electrons. The number of benzene rings is 2. The fraction of sp³-hybridized carbons (Fsp3) is 0.143. The second kappa shape index (κ2) is 8.47. The molecular weight excluding hydrogens is 364 g/mol. The molecule has 2 aromatic carbocycles. The molecule has 0 atom stereocenters. The number of nitrogens with zero attached hydrogens (tertiary/aromatic N) is 2. The van der Waals surface area contributed by atoms with Crippen LogP contribution in [0.25, 0.3) is 11.8 Å². The van der Waals surface area contributed by atoms with Crippen LogP contribution in [0.1, 0.15) is 17.0 Å². The maximum Gasteiger partial charge on any atom is 0.387 e. The number of amides is 1. The van der Waals surface area contributed by atoms with E-state index in [9.17, 15) is 13.6 Å². The molecule has 5 nitrogen and oxygen atoms in total. The van der Waals surface area contributed by atoms with Gasteiger partial charge < -0.3 is 10.1 Å². The van der Waals surface area contributed by atoms with Crippen LogP contribution in [0, 0.1) is 13.8 Å². The summed E-state index contributed by atoms with van der Waals surface area (Å²) < 4.78 is 31.2. The number of aromatic nitrogens is 2. The lowest BCUT2D eigenvalue weighted by atomic mass is 10.2. The van der Waals surface area contributed by atoms with Crippen LogP contribution in [0.3, 0.4) is 0 Å². The molecule has 1 amide bonds. The molecule has 0 bridgehead atoms. The Labute approximate surface area is 161 Å². The van der Waals surface area contributed by atoms with Gasteiger partial charge in [-0.15, -0.1) is 0 Å². The minimum atomic E-state index is -2.93. The molecule has 0 spiro atoms. The van der Waals surface area contributed by atoms with Crippen molar-refractivity contribution in [3.05, 3.63) is 77.6 Å². The number of carbonyl (C=O) groups excluding carboxylic acids is 1. The van der Waals surface area contributed by atoms with Gasteiger partial charge >= 0.3 is 6.61 Å². The Balaban J connectivity index is 1.78. The number of para-hydroxylation sites is 2. The van der Waals surface area contributed by atoms with Crippen molar-refractivity contribution in [3.8, 4) is 11.4 Å². The van der Waals surface area contributed by atoms with Crippen LogP contribution in [0.4, 0.5) is 14.5 Å². The van der Waals surface area contributed by atoms with Crippen LogP contribution in [0.15, 0.2) is 60.7 Å². The van der Waals surface area contributed by atoms with Crippen molar-refractivity contribution in [3.63, 3.8) is 0 Å². The summed E-state index contributed by atoms with van der Waals surface area (Å²) in [4.78, 5) is 12.3. The molecule has 0 saturated heterocycles. The minimum absolute atomic E-state index is 0.00538. The maximum atomic E-state index is 12.5. The monoisotopic (exact) mass is 383 g/mol. The molecule has 3 aromatic rings. The third-order valence-electron chi connectivity index (χ3n) is 4.09. The molecule has 1 N–H and O–H groups in total. The van der Waals surface area contributed by atoms with Gasteiger partial charge in [0.25, 0.3) is 0 Å². The second-order valence-electron chi connectivity index (χ2n) is 6.03. The summed E-state index contributed by atoms with van der Waals surface area (Å²) in [6, 6.07) is 15.8. The average Bonchev–Trinajstić information content (AvgIpc) is 2.96. The highest BCUT2D eigenvalue weighted by Gasteiger charge is 2.14. The quantitative estimate of drug-likeness (QED) is 0.626. The molecule has 7 heteroatoms. The van der Waals surface area contributed by atoms with E-state index in [2.05, 4.69) is 15.2 Å². The highest BCUT2D eigenvalue weighted by molar-refractivity contribution is 6.02. The largest absolute Gasteiger partial charge is 0.434 e. The topological polar surface area (TPSA) is 56.2 Å². The normalized spacial score (nSPS) is 11.2. The Kier molecular flexibility index (Phi) is 5.84. The van der Waals surface area contributed by atoms with E-state index in [0.29, 0.717) is 16.9 Å². The number of alkyl halides is 2. The van der Waals surface area contributed by atoms with Crippen molar-refractivity contribution in [2.24, 2.45) is 0 Å². The van der Waals surface area contributed by atoms with Crippen molar-refractivity contribution in [2.45, 2.75) is 20.5 Å². The third kappa shape index (κ3) is 4.43. The zero-order chi connectivity index (χ0) is 20.1. The number of ether oxygens (including phenoxy) is 1. The summed E-state index contributed by atoms with van der Waals surface area (Å²) in [5, 5.41) is 7.27. The van der Waals surface area contributed by atoms with Gasteiger partial charge in [-0.2, -0.15) is 13.9 Å². The fourth-order valence-corrected chi connectivity index (χ4v) is 2.80. The van der Waals surface area contributed by atoms with Gasteiger partial charge in [-0.3, -0.25) is 4.79 Å². The summed E-state index contributed by atoms with van der Waals surface area (Å²) in [7, 11) is 0. The molecule has 144 valence electrons. The van der Waals surface area contributed by atoms with Crippen LogP contribution in [0.5, 0.6) is 5.75 Å². The van der Waals surface area contributed by atoms with Crippen LogP contribution >= 0.6 is 0 Å². The van der Waals surface area contributed by atoms with Crippen molar-refractivity contribution < 1.29 is 18.3 Å². The third-order valence-corrected chi connectivity index (χ3v) is 4.09. The van der Waals surface area contributed by atoms with Crippen molar-refractivity contribution in [1.82, 2.24) is 9.78 Å². The molecule has 1 heterocycles. The first kappa shape index (κ1) is 19.3. The summed E-state index contributed by atoms with van der Waals surface area (Å²) in [5.41, 5.74) is 3.33. The number of hydrogen-bond acceptors (Lipinski definition) is 3. The standard InChI is InChI=1S/C21H19F2N3O2/c1-14-20(15(2)26(25-14)17-9-4-3-5-10-17)24-19(27)13-12-16-8-6-7-11-18(16)28-21(22)23/h3-13,21H,1-2H3,(H,24,27)/b13-12+. The van der Waals surface area contributed by atoms with E-state index in [1.165, 1.54) is 18.2 Å². The van der Waals surface area contributed by atoms with Crippen LogP contribution < -0.4 is 10.1 Å². The maximum absolute atomic E-state index is 12.5. The zero-order valence-electron chi connectivity index (χ0n) is 15.4. The lowest BCUT2D eigenvalue weighted by Gasteiger charge is -2.07. The van der Waals surface area contributed by atoms with E-state index in [1.54, 1.807) is 29.8 Å².